The second-order valence-corrected chi connectivity index (χ2v) is 4.94. The molecular formula is C14H16O6. The average molecular weight is 280 g/mol. The Kier molecular flexibility index (Phi) is 3.92. The summed E-state index contributed by atoms with van der Waals surface area (Å²) >= 11 is 0. The highest BCUT2D eigenvalue weighted by atomic mass is 16.6. The molecule has 6 heteroatoms. The van der Waals surface area contributed by atoms with Crippen molar-refractivity contribution in [3.05, 3.63) is 23.8 Å². The Morgan fingerprint density at radius 3 is 2.75 bits per heavy atom. The summed E-state index contributed by atoms with van der Waals surface area (Å²) in [4.78, 5) is 34.6. The number of carbonyl (C=O) groups excluding carboxylic acids is 3. The van der Waals surface area contributed by atoms with Crippen LogP contribution in [0.5, 0.6) is 0 Å². The van der Waals surface area contributed by atoms with Crippen molar-refractivity contribution >= 4 is 17.9 Å². The molecule has 2 aliphatic heterocycles. The molecule has 0 saturated carbocycles. The molecule has 20 heavy (non-hydrogen) atoms. The first-order chi connectivity index (χ1) is 9.43. The van der Waals surface area contributed by atoms with Gasteiger partial charge in [-0.05, 0) is 13.3 Å². The summed E-state index contributed by atoms with van der Waals surface area (Å²) < 4.78 is 14.9. The fourth-order valence-corrected chi connectivity index (χ4v) is 2.37. The SMILES string of the molecule is C=C(C)C(=O)OC[C@@H]1C[C@@H]2OC(=O)[C@H]1C=C2C(=O)OC. The lowest BCUT2D eigenvalue weighted by Gasteiger charge is -2.38. The first-order valence-electron chi connectivity index (χ1n) is 6.27. The molecule has 0 amide bonds. The molecule has 0 N–H and O–H groups in total. The van der Waals surface area contributed by atoms with E-state index in [4.69, 9.17) is 9.47 Å². The standard InChI is InChI=1S/C14H16O6/c1-7(2)12(15)19-6-8-4-11-10(13(16)18-3)5-9(8)14(17)20-11/h5,8-9,11H,1,4,6H2,2-3H3/t8-,9-,11-/m0/s1. The van der Waals surface area contributed by atoms with E-state index in [0.717, 1.165) is 0 Å². The van der Waals surface area contributed by atoms with Crippen LogP contribution >= 0.6 is 0 Å². The smallest absolute Gasteiger partial charge is 0.337 e. The molecule has 3 atom stereocenters. The molecule has 2 bridgehead atoms. The second kappa shape index (κ2) is 5.48. The summed E-state index contributed by atoms with van der Waals surface area (Å²) in [7, 11) is 1.28. The van der Waals surface area contributed by atoms with Crippen molar-refractivity contribution in [1.82, 2.24) is 0 Å². The van der Waals surface area contributed by atoms with Crippen LogP contribution in [0.25, 0.3) is 0 Å². The van der Waals surface area contributed by atoms with Crippen LogP contribution in [0.3, 0.4) is 0 Å². The van der Waals surface area contributed by atoms with Crippen molar-refractivity contribution in [2.75, 3.05) is 13.7 Å². The molecule has 1 aliphatic carbocycles. The normalized spacial score (nSPS) is 27.4. The van der Waals surface area contributed by atoms with E-state index < -0.39 is 29.9 Å². The first kappa shape index (κ1) is 14.3. The Balaban J connectivity index is 2.07. The minimum atomic E-state index is -0.617. The highest BCUT2D eigenvalue weighted by Gasteiger charge is 2.46. The lowest BCUT2D eigenvalue weighted by Crippen LogP contribution is -2.46. The van der Waals surface area contributed by atoms with E-state index in [1.807, 2.05) is 0 Å². The molecule has 0 radical (unpaired) electrons. The van der Waals surface area contributed by atoms with Crippen LogP contribution < -0.4 is 0 Å². The number of esters is 3. The summed E-state index contributed by atoms with van der Waals surface area (Å²) in [5.74, 6) is -2.14. The van der Waals surface area contributed by atoms with Gasteiger partial charge in [0.1, 0.15) is 6.10 Å². The van der Waals surface area contributed by atoms with E-state index in [9.17, 15) is 14.4 Å². The number of hydrogen-bond donors (Lipinski definition) is 0. The van der Waals surface area contributed by atoms with Gasteiger partial charge in [-0.15, -0.1) is 0 Å². The fourth-order valence-electron chi connectivity index (χ4n) is 2.37. The minimum Gasteiger partial charge on any atom is -0.466 e. The number of carbonyl (C=O) groups is 3. The van der Waals surface area contributed by atoms with Crippen LogP contribution in [0, 0.1) is 11.8 Å². The molecule has 0 unspecified atom stereocenters. The summed E-state index contributed by atoms with van der Waals surface area (Å²) in [6, 6.07) is 0. The van der Waals surface area contributed by atoms with Crippen LogP contribution in [0.4, 0.5) is 0 Å². The minimum absolute atomic E-state index is 0.104. The van der Waals surface area contributed by atoms with Crippen LogP contribution in [-0.4, -0.2) is 37.7 Å². The number of fused-ring (bicyclic) bond motifs is 2. The van der Waals surface area contributed by atoms with Crippen molar-refractivity contribution in [2.24, 2.45) is 11.8 Å². The Bertz CT molecular complexity index is 504. The summed E-state index contributed by atoms with van der Waals surface area (Å²) in [6.07, 6.45) is 1.39. The molecule has 0 aromatic heterocycles. The molecule has 3 aliphatic rings. The van der Waals surface area contributed by atoms with Gasteiger partial charge in [-0.1, -0.05) is 12.7 Å². The first-order valence-corrected chi connectivity index (χ1v) is 6.27. The molecule has 1 fully saturated rings. The zero-order chi connectivity index (χ0) is 14.9. The third-order valence-corrected chi connectivity index (χ3v) is 3.46. The quantitative estimate of drug-likeness (QED) is 0.430. The van der Waals surface area contributed by atoms with Crippen molar-refractivity contribution in [3.63, 3.8) is 0 Å². The average Bonchev–Trinajstić information content (AvgIpc) is 2.43. The predicted molar refractivity (Wildman–Crippen MR) is 67.3 cm³/mol. The van der Waals surface area contributed by atoms with E-state index >= 15 is 0 Å². The number of ether oxygens (including phenoxy) is 3. The monoisotopic (exact) mass is 280 g/mol. The zero-order valence-electron chi connectivity index (χ0n) is 11.4. The third kappa shape index (κ3) is 2.59. The maximum absolute atomic E-state index is 11.7. The van der Waals surface area contributed by atoms with E-state index in [2.05, 4.69) is 11.3 Å². The molecule has 3 rings (SSSR count). The second-order valence-electron chi connectivity index (χ2n) is 4.94. The maximum Gasteiger partial charge on any atom is 0.337 e. The maximum atomic E-state index is 11.7. The van der Waals surface area contributed by atoms with Crippen LogP contribution in [0.1, 0.15) is 13.3 Å². The van der Waals surface area contributed by atoms with Gasteiger partial charge in [0.15, 0.2) is 0 Å². The molecule has 0 aromatic rings. The Morgan fingerprint density at radius 1 is 1.50 bits per heavy atom. The summed E-state index contributed by atoms with van der Waals surface area (Å²) in [5, 5.41) is 0. The molecule has 0 spiro atoms. The Hall–Kier alpha value is -2.11. The van der Waals surface area contributed by atoms with E-state index in [1.165, 1.54) is 7.11 Å². The molecular weight excluding hydrogens is 264 g/mol. The fraction of sp³-hybridized carbons (Fsp3) is 0.500. The number of methoxy groups -OCH3 is 1. The highest BCUT2D eigenvalue weighted by Crippen LogP contribution is 2.38. The van der Waals surface area contributed by atoms with Gasteiger partial charge in [-0.25, -0.2) is 9.59 Å². The van der Waals surface area contributed by atoms with Crippen molar-refractivity contribution in [2.45, 2.75) is 19.4 Å². The third-order valence-electron chi connectivity index (χ3n) is 3.46. The van der Waals surface area contributed by atoms with E-state index in [0.29, 0.717) is 17.6 Å². The van der Waals surface area contributed by atoms with E-state index in [1.54, 1.807) is 13.0 Å². The topological polar surface area (TPSA) is 78.9 Å². The number of rotatable bonds is 4. The van der Waals surface area contributed by atoms with Gasteiger partial charge in [0, 0.05) is 11.5 Å². The van der Waals surface area contributed by atoms with Crippen LogP contribution in [-0.2, 0) is 28.6 Å². The highest BCUT2D eigenvalue weighted by molar-refractivity contribution is 5.93. The molecule has 0 aromatic carbocycles. The van der Waals surface area contributed by atoms with Crippen molar-refractivity contribution in [3.8, 4) is 0 Å². The van der Waals surface area contributed by atoms with Gasteiger partial charge in [0.25, 0.3) is 0 Å². The van der Waals surface area contributed by atoms with Crippen LogP contribution in [0.2, 0.25) is 0 Å². The van der Waals surface area contributed by atoms with Gasteiger partial charge in [0.05, 0.1) is 25.2 Å². The molecule has 1 saturated heterocycles. The van der Waals surface area contributed by atoms with Gasteiger partial charge in [-0.3, -0.25) is 4.79 Å². The van der Waals surface area contributed by atoms with Gasteiger partial charge in [0.2, 0.25) is 0 Å². The zero-order valence-corrected chi connectivity index (χ0v) is 11.4. The number of hydrogen-bond acceptors (Lipinski definition) is 6. The van der Waals surface area contributed by atoms with Crippen LogP contribution in [0.15, 0.2) is 23.8 Å². The van der Waals surface area contributed by atoms with Gasteiger partial charge < -0.3 is 14.2 Å². The molecule has 6 nitrogen and oxygen atoms in total. The largest absolute Gasteiger partial charge is 0.466 e. The lowest BCUT2D eigenvalue weighted by atomic mass is 9.77. The Labute approximate surface area is 116 Å². The predicted octanol–water partition coefficient (Wildman–Crippen LogP) is 0.767. The van der Waals surface area contributed by atoms with E-state index in [-0.39, 0.29) is 12.5 Å². The Morgan fingerprint density at radius 2 is 2.20 bits per heavy atom. The van der Waals surface area contributed by atoms with Crippen molar-refractivity contribution in [1.29, 1.82) is 0 Å². The van der Waals surface area contributed by atoms with Gasteiger partial charge in [-0.2, -0.15) is 0 Å². The van der Waals surface area contributed by atoms with Crippen molar-refractivity contribution < 1.29 is 28.6 Å². The van der Waals surface area contributed by atoms with Gasteiger partial charge >= 0.3 is 17.9 Å². The summed E-state index contributed by atoms with van der Waals surface area (Å²) in [5.41, 5.74) is 0.666. The lowest BCUT2D eigenvalue weighted by molar-refractivity contribution is -0.167. The molecule has 2 heterocycles. The summed E-state index contributed by atoms with van der Waals surface area (Å²) in [6.45, 7) is 5.15. The molecule has 108 valence electrons.